The smallest absolute Gasteiger partial charge is 0.261 e. The summed E-state index contributed by atoms with van der Waals surface area (Å²) in [5.41, 5.74) is 1.07. The first kappa shape index (κ1) is 11.6. The summed E-state index contributed by atoms with van der Waals surface area (Å²) >= 11 is 0. The SMILES string of the molecule is CCc1cc(F)c(-c2nc(C)no2)cc1OC. The number of hydrogen-bond donors (Lipinski definition) is 0. The highest BCUT2D eigenvalue weighted by atomic mass is 19.1. The molecule has 0 saturated carbocycles. The Labute approximate surface area is 98.4 Å². The molecule has 0 atom stereocenters. The van der Waals surface area contributed by atoms with Crippen LogP contribution in [0.15, 0.2) is 16.7 Å². The van der Waals surface area contributed by atoms with Crippen molar-refractivity contribution in [1.82, 2.24) is 10.1 Å². The third kappa shape index (κ3) is 2.13. The maximum Gasteiger partial charge on any atom is 0.261 e. The van der Waals surface area contributed by atoms with Gasteiger partial charge in [0.05, 0.1) is 12.7 Å². The summed E-state index contributed by atoms with van der Waals surface area (Å²) in [5, 5.41) is 3.64. The highest BCUT2D eigenvalue weighted by molar-refractivity contribution is 5.58. The minimum Gasteiger partial charge on any atom is -0.496 e. The summed E-state index contributed by atoms with van der Waals surface area (Å²) in [6.45, 7) is 3.62. The first-order chi connectivity index (χ1) is 8.15. The second-order valence-corrected chi connectivity index (χ2v) is 3.64. The van der Waals surface area contributed by atoms with Crippen LogP contribution in [-0.4, -0.2) is 17.3 Å². The number of hydrogen-bond acceptors (Lipinski definition) is 4. The highest BCUT2D eigenvalue weighted by Gasteiger charge is 2.15. The lowest BCUT2D eigenvalue weighted by Crippen LogP contribution is -1.95. The predicted octanol–water partition coefficient (Wildman–Crippen LogP) is 2.76. The maximum atomic E-state index is 13.9. The molecular weight excluding hydrogens is 223 g/mol. The molecule has 2 rings (SSSR count). The second kappa shape index (κ2) is 4.53. The van der Waals surface area contributed by atoms with Crippen LogP contribution in [0, 0.1) is 12.7 Å². The number of rotatable bonds is 3. The van der Waals surface area contributed by atoms with E-state index in [0.717, 1.165) is 5.56 Å². The number of aromatic nitrogens is 2. The molecule has 4 nitrogen and oxygen atoms in total. The van der Waals surface area contributed by atoms with Gasteiger partial charge in [0.15, 0.2) is 5.82 Å². The van der Waals surface area contributed by atoms with Gasteiger partial charge in [-0.25, -0.2) is 4.39 Å². The van der Waals surface area contributed by atoms with Gasteiger partial charge in [-0.3, -0.25) is 0 Å². The Balaban J connectivity index is 2.55. The van der Waals surface area contributed by atoms with Crippen LogP contribution in [0.1, 0.15) is 18.3 Å². The van der Waals surface area contributed by atoms with Crippen LogP contribution in [0.2, 0.25) is 0 Å². The summed E-state index contributed by atoms with van der Waals surface area (Å²) in [7, 11) is 1.55. The van der Waals surface area contributed by atoms with E-state index in [9.17, 15) is 4.39 Å². The average molecular weight is 236 g/mol. The summed E-state index contributed by atoms with van der Waals surface area (Å²) < 4.78 is 24.0. The number of ether oxygens (including phenoxy) is 1. The van der Waals surface area contributed by atoms with Gasteiger partial charge < -0.3 is 9.26 Å². The van der Waals surface area contributed by atoms with Crippen molar-refractivity contribution in [2.24, 2.45) is 0 Å². The molecule has 0 saturated heterocycles. The van der Waals surface area contributed by atoms with Crippen molar-refractivity contribution < 1.29 is 13.7 Å². The zero-order valence-electron chi connectivity index (χ0n) is 9.95. The Morgan fingerprint density at radius 1 is 1.41 bits per heavy atom. The molecule has 0 N–H and O–H groups in total. The molecule has 0 unspecified atom stereocenters. The topological polar surface area (TPSA) is 48.2 Å². The van der Waals surface area contributed by atoms with Crippen molar-refractivity contribution in [3.8, 4) is 17.2 Å². The summed E-state index contributed by atoms with van der Waals surface area (Å²) in [4.78, 5) is 4.00. The number of halogens is 1. The standard InChI is InChI=1S/C12H13FN2O2/c1-4-8-5-10(13)9(6-11(8)16-3)12-14-7(2)15-17-12/h5-6H,4H2,1-3H3. The normalized spacial score (nSPS) is 10.6. The fourth-order valence-electron chi connectivity index (χ4n) is 1.63. The molecule has 0 fully saturated rings. The molecule has 0 aliphatic carbocycles. The lowest BCUT2D eigenvalue weighted by Gasteiger charge is -2.08. The van der Waals surface area contributed by atoms with Crippen LogP contribution in [0.3, 0.4) is 0 Å². The molecule has 1 aromatic carbocycles. The number of methoxy groups -OCH3 is 1. The first-order valence-corrected chi connectivity index (χ1v) is 5.32. The zero-order chi connectivity index (χ0) is 12.4. The molecule has 0 radical (unpaired) electrons. The molecule has 90 valence electrons. The second-order valence-electron chi connectivity index (χ2n) is 3.64. The van der Waals surface area contributed by atoms with E-state index in [1.165, 1.54) is 6.07 Å². The van der Waals surface area contributed by atoms with Crippen LogP contribution in [-0.2, 0) is 6.42 Å². The Morgan fingerprint density at radius 2 is 2.18 bits per heavy atom. The van der Waals surface area contributed by atoms with E-state index in [2.05, 4.69) is 10.1 Å². The fourth-order valence-corrected chi connectivity index (χ4v) is 1.63. The van der Waals surface area contributed by atoms with Gasteiger partial charge in [-0.15, -0.1) is 0 Å². The van der Waals surface area contributed by atoms with Gasteiger partial charge in [-0.2, -0.15) is 4.98 Å². The molecule has 0 aliphatic rings. The third-order valence-electron chi connectivity index (χ3n) is 2.51. The molecule has 0 bridgehead atoms. The maximum absolute atomic E-state index is 13.9. The van der Waals surface area contributed by atoms with Crippen LogP contribution in [0.5, 0.6) is 5.75 Å². The highest BCUT2D eigenvalue weighted by Crippen LogP contribution is 2.29. The van der Waals surface area contributed by atoms with Gasteiger partial charge in [0, 0.05) is 0 Å². The number of aryl methyl sites for hydroxylation is 2. The molecule has 1 heterocycles. The van der Waals surface area contributed by atoms with Gasteiger partial charge in [-0.05, 0) is 31.0 Å². The molecule has 0 spiro atoms. The average Bonchev–Trinajstić information content (AvgIpc) is 2.75. The van der Waals surface area contributed by atoms with Crippen molar-refractivity contribution in [1.29, 1.82) is 0 Å². The molecular formula is C12H13FN2O2. The van der Waals surface area contributed by atoms with Gasteiger partial charge >= 0.3 is 0 Å². The molecule has 17 heavy (non-hydrogen) atoms. The van der Waals surface area contributed by atoms with E-state index in [1.807, 2.05) is 6.92 Å². The van der Waals surface area contributed by atoms with Crippen molar-refractivity contribution in [3.63, 3.8) is 0 Å². The molecule has 2 aromatic rings. The minimum atomic E-state index is -0.383. The summed E-state index contributed by atoms with van der Waals surface area (Å²) in [6.07, 6.45) is 0.698. The predicted molar refractivity (Wildman–Crippen MR) is 60.4 cm³/mol. The van der Waals surface area contributed by atoms with Crippen molar-refractivity contribution in [3.05, 3.63) is 29.3 Å². The van der Waals surface area contributed by atoms with Gasteiger partial charge in [-0.1, -0.05) is 12.1 Å². The summed E-state index contributed by atoms with van der Waals surface area (Å²) in [6, 6.07) is 3.02. The zero-order valence-corrected chi connectivity index (χ0v) is 9.95. The number of nitrogens with zero attached hydrogens (tertiary/aromatic N) is 2. The summed E-state index contributed by atoms with van der Waals surface area (Å²) in [5.74, 6) is 0.880. The molecule has 5 heteroatoms. The van der Waals surface area contributed by atoms with Crippen LogP contribution in [0.4, 0.5) is 4.39 Å². The van der Waals surface area contributed by atoms with Gasteiger partial charge in [0.25, 0.3) is 5.89 Å². The van der Waals surface area contributed by atoms with Crippen LogP contribution in [0.25, 0.3) is 11.5 Å². The van der Waals surface area contributed by atoms with E-state index in [4.69, 9.17) is 9.26 Å². The van der Waals surface area contributed by atoms with Crippen molar-refractivity contribution >= 4 is 0 Å². The Kier molecular flexibility index (Phi) is 3.08. The molecule has 0 amide bonds. The van der Waals surface area contributed by atoms with E-state index in [-0.39, 0.29) is 17.3 Å². The number of benzene rings is 1. The quantitative estimate of drug-likeness (QED) is 0.822. The van der Waals surface area contributed by atoms with Crippen LogP contribution < -0.4 is 4.74 Å². The Morgan fingerprint density at radius 3 is 2.71 bits per heavy atom. The molecule has 0 aliphatic heterocycles. The van der Waals surface area contributed by atoms with Crippen LogP contribution >= 0.6 is 0 Å². The van der Waals surface area contributed by atoms with Gasteiger partial charge in [0.1, 0.15) is 11.6 Å². The monoisotopic (exact) mass is 236 g/mol. The lowest BCUT2D eigenvalue weighted by atomic mass is 10.1. The van der Waals surface area contributed by atoms with E-state index in [1.54, 1.807) is 20.1 Å². The Bertz CT molecular complexity index is 537. The van der Waals surface area contributed by atoms with Crippen molar-refractivity contribution in [2.75, 3.05) is 7.11 Å². The Hall–Kier alpha value is -1.91. The van der Waals surface area contributed by atoms with Gasteiger partial charge in [0.2, 0.25) is 0 Å². The molecule has 1 aromatic heterocycles. The lowest BCUT2D eigenvalue weighted by molar-refractivity contribution is 0.406. The van der Waals surface area contributed by atoms with E-state index < -0.39 is 0 Å². The minimum absolute atomic E-state index is 0.168. The van der Waals surface area contributed by atoms with E-state index in [0.29, 0.717) is 18.0 Å². The fraction of sp³-hybridized carbons (Fsp3) is 0.333. The van der Waals surface area contributed by atoms with E-state index >= 15 is 0 Å². The third-order valence-corrected chi connectivity index (χ3v) is 2.51. The largest absolute Gasteiger partial charge is 0.496 e. The van der Waals surface area contributed by atoms with Crippen molar-refractivity contribution in [2.45, 2.75) is 20.3 Å². The first-order valence-electron chi connectivity index (χ1n) is 5.32.